The Hall–Kier alpha value is -3.26. The fraction of sp³-hybridized carbons (Fsp3) is 0.348. The first-order valence-electron chi connectivity index (χ1n) is 11.2. The van der Waals surface area contributed by atoms with Gasteiger partial charge in [0.2, 0.25) is 15.9 Å². The lowest BCUT2D eigenvalue weighted by atomic mass is 9.88. The van der Waals surface area contributed by atoms with Gasteiger partial charge in [-0.15, -0.1) is 5.10 Å². The molecule has 1 aliphatic rings. The number of fused-ring (bicyclic) bond motifs is 1. The summed E-state index contributed by atoms with van der Waals surface area (Å²) in [7, 11) is -4.47. The van der Waals surface area contributed by atoms with Gasteiger partial charge in [-0.2, -0.15) is 4.72 Å². The highest BCUT2D eigenvalue weighted by Gasteiger charge is 2.37. The second kappa shape index (κ2) is 10.2. The number of aryl methyl sites for hydroxylation is 1. The van der Waals surface area contributed by atoms with E-state index in [4.69, 9.17) is 20.8 Å². The van der Waals surface area contributed by atoms with Crippen LogP contribution in [0.25, 0.3) is 0 Å². The van der Waals surface area contributed by atoms with E-state index >= 15 is 0 Å². The van der Waals surface area contributed by atoms with E-state index in [1.165, 1.54) is 18.2 Å². The normalized spacial score (nSPS) is 15.3. The minimum atomic E-state index is -4.47. The van der Waals surface area contributed by atoms with E-state index in [-0.39, 0.29) is 39.4 Å². The van der Waals surface area contributed by atoms with Crippen LogP contribution in [0.5, 0.6) is 5.75 Å². The van der Waals surface area contributed by atoms with Crippen LogP contribution >= 0.6 is 11.6 Å². The van der Waals surface area contributed by atoms with Crippen molar-refractivity contribution in [2.24, 2.45) is 0 Å². The number of aliphatic hydroxyl groups excluding tert-OH is 1. The fourth-order valence-corrected chi connectivity index (χ4v) is 5.97. The number of benzene rings is 2. The maximum absolute atomic E-state index is 14.9. The molecule has 198 valence electrons. The van der Waals surface area contributed by atoms with E-state index in [2.05, 4.69) is 14.9 Å². The zero-order valence-corrected chi connectivity index (χ0v) is 21.6. The summed E-state index contributed by atoms with van der Waals surface area (Å²) in [5.74, 6) is -3.37. The number of ether oxygens (including phenoxy) is 1. The smallest absolute Gasteiger partial charge is 0.434 e. The van der Waals surface area contributed by atoms with Gasteiger partial charge in [0, 0.05) is 12.5 Å². The topological polar surface area (TPSA) is 155 Å². The van der Waals surface area contributed by atoms with Crippen LogP contribution < -0.4 is 20.1 Å². The number of aromatic nitrogens is 2. The van der Waals surface area contributed by atoms with Crippen LogP contribution in [-0.4, -0.2) is 49.4 Å². The highest BCUT2D eigenvalue weighted by Crippen LogP contribution is 2.44. The molecule has 3 N–H and O–H groups in total. The third-order valence-corrected chi connectivity index (χ3v) is 8.03. The third-order valence-electron chi connectivity index (χ3n) is 6.26. The Morgan fingerprint density at radius 1 is 1.27 bits per heavy atom. The Labute approximate surface area is 216 Å². The lowest BCUT2D eigenvalue weighted by Crippen LogP contribution is -2.41. The van der Waals surface area contributed by atoms with Gasteiger partial charge >= 0.3 is 5.76 Å². The molecule has 0 fully saturated rings. The standard InChI is InChI=1S/C23H24ClFN4O7S/c1-11-4-6-15(25)18(12(11)2)13(3)19(22-26-27-23(32)36-22)28-37(33,34)16-7-5-14(24)20-21(16)35-10-17(31)29(20)8-9-30/h4-7,13,19,28,30H,8-10H2,1-3H3,(H,27,32). The van der Waals surface area contributed by atoms with Crippen molar-refractivity contribution in [2.75, 3.05) is 24.7 Å². The number of nitrogens with one attached hydrogen (secondary N) is 2. The SMILES string of the molecule is Cc1ccc(F)c(C(C)C(NS(=O)(=O)c2ccc(Cl)c3c2OCC(=O)N3CCO)c2n[nH]c(=O)o2)c1C. The van der Waals surface area contributed by atoms with Gasteiger partial charge in [0.1, 0.15) is 22.4 Å². The van der Waals surface area contributed by atoms with Crippen molar-refractivity contribution in [2.45, 2.75) is 37.6 Å². The molecule has 1 aliphatic heterocycles. The average molecular weight is 555 g/mol. The molecule has 0 spiro atoms. The third kappa shape index (κ3) is 4.99. The quantitative estimate of drug-likeness (QED) is 0.383. The number of amides is 1. The molecule has 0 radical (unpaired) electrons. The fourth-order valence-electron chi connectivity index (χ4n) is 4.31. The van der Waals surface area contributed by atoms with Gasteiger partial charge in [-0.25, -0.2) is 22.7 Å². The zero-order valence-electron chi connectivity index (χ0n) is 20.0. The van der Waals surface area contributed by atoms with Gasteiger partial charge in [-0.05, 0) is 48.7 Å². The van der Waals surface area contributed by atoms with Crippen molar-refractivity contribution in [1.29, 1.82) is 0 Å². The minimum absolute atomic E-state index is 0.00804. The Bertz CT molecular complexity index is 1520. The minimum Gasteiger partial charge on any atom is -0.480 e. The number of aliphatic hydroxyl groups is 1. The number of sulfonamides is 1. The van der Waals surface area contributed by atoms with Gasteiger partial charge in [-0.1, -0.05) is 24.6 Å². The molecule has 0 bridgehead atoms. The van der Waals surface area contributed by atoms with E-state index in [1.807, 2.05) is 0 Å². The van der Waals surface area contributed by atoms with Crippen molar-refractivity contribution in [3.63, 3.8) is 0 Å². The molecule has 2 heterocycles. The predicted molar refractivity (Wildman–Crippen MR) is 131 cm³/mol. The lowest BCUT2D eigenvalue weighted by molar-refractivity contribution is -0.121. The van der Waals surface area contributed by atoms with Crippen LogP contribution in [0.2, 0.25) is 5.02 Å². The molecule has 2 atom stereocenters. The summed E-state index contributed by atoms with van der Waals surface area (Å²) in [4.78, 5) is 24.8. The molecule has 0 aliphatic carbocycles. The molecule has 37 heavy (non-hydrogen) atoms. The van der Waals surface area contributed by atoms with Gasteiger partial charge in [0.15, 0.2) is 12.4 Å². The molecule has 2 aromatic carbocycles. The summed E-state index contributed by atoms with van der Waals surface area (Å²) in [5, 5.41) is 15.3. The number of aromatic amines is 1. The molecule has 14 heteroatoms. The highest BCUT2D eigenvalue weighted by molar-refractivity contribution is 7.89. The van der Waals surface area contributed by atoms with E-state index in [0.29, 0.717) is 5.56 Å². The molecular weight excluding hydrogens is 531 g/mol. The summed E-state index contributed by atoms with van der Waals surface area (Å²) in [6, 6.07) is 4.03. The van der Waals surface area contributed by atoms with Crippen molar-refractivity contribution in [1.82, 2.24) is 14.9 Å². The van der Waals surface area contributed by atoms with Gasteiger partial charge in [0.05, 0.1) is 11.6 Å². The first-order valence-corrected chi connectivity index (χ1v) is 13.0. The highest BCUT2D eigenvalue weighted by atomic mass is 35.5. The summed E-state index contributed by atoms with van der Waals surface area (Å²) in [5.41, 5.74) is 1.58. The first-order chi connectivity index (χ1) is 17.5. The van der Waals surface area contributed by atoms with Crippen LogP contribution in [0.3, 0.4) is 0 Å². The molecule has 1 amide bonds. The van der Waals surface area contributed by atoms with Crippen LogP contribution in [0.1, 0.15) is 41.5 Å². The molecular formula is C23H24ClFN4O7S. The van der Waals surface area contributed by atoms with Crippen molar-refractivity contribution in [3.05, 3.63) is 68.2 Å². The summed E-state index contributed by atoms with van der Waals surface area (Å²) >= 11 is 6.27. The molecule has 0 saturated heterocycles. The largest absolute Gasteiger partial charge is 0.480 e. The van der Waals surface area contributed by atoms with Gasteiger partial charge < -0.3 is 19.2 Å². The molecule has 4 rings (SSSR count). The number of rotatable bonds is 8. The van der Waals surface area contributed by atoms with Crippen LogP contribution in [0, 0.1) is 19.7 Å². The van der Waals surface area contributed by atoms with E-state index < -0.39 is 52.7 Å². The second-order valence-corrected chi connectivity index (χ2v) is 10.6. The van der Waals surface area contributed by atoms with Gasteiger partial charge in [-0.3, -0.25) is 4.79 Å². The monoisotopic (exact) mass is 554 g/mol. The number of halogens is 2. The van der Waals surface area contributed by atoms with Crippen molar-refractivity contribution < 1.29 is 31.9 Å². The Balaban J connectivity index is 1.82. The predicted octanol–water partition coefficient (Wildman–Crippen LogP) is 2.31. The second-order valence-electron chi connectivity index (χ2n) is 8.52. The van der Waals surface area contributed by atoms with E-state index in [9.17, 15) is 27.5 Å². The molecule has 2 unspecified atom stereocenters. The molecule has 11 nitrogen and oxygen atoms in total. The molecule has 3 aromatic rings. The van der Waals surface area contributed by atoms with Crippen LogP contribution in [0.4, 0.5) is 10.1 Å². The van der Waals surface area contributed by atoms with Crippen LogP contribution in [0.15, 0.2) is 38.4 Å². The van der Waals surface area contributed by atoms with Crippen molar-refractivity contribution in [3.8, 4) is 5.75 Å². The van der Waals surface area contributed by atoms with Gasteiger partial charge in [0.25, 0.3) is 5.91 Å². The van der Waals surface area contributed by atoms with Crippen LogP contribution in [-0.2, 0) is 14.8 Å². The summed E-state index contributed by atoms with van der Waals surface area (Å²) in [6.45, 7) is 4.06. The number of anilines is 1. The number of nitrogens with zero attached hydrogens (tertiary/aromatic N) is 2. The summed E-state index contributed by atoms with van der Waals surface area (Å²) < 4.78 is 55.3. The maximum Gasteiger partial charge on any atom is 0.434 e. The Morgan fingerprint density at radius 2 is 2.00 bits per heavy atom. The maximum atomic E-state index is 14.9. The van der Waals surface area contributed by atoms with Crippen molar-refractivity contribution >= 4 is 33.2 Å². The molecule has 1 aromatic heterocycles. The number of hydrogen-bond donors (Lipinski definition) is 3. The number of carbonyl (C=O) groups is 1. The Kier molecular flexibility index (Phi) is 7.42. The number of H-pyrrole nitrogens is 1. The Morgan fingerprint density at radius 3 is 2.65 bits per heavy atom. The first kappa shape index (κ1) is 26.8. The zero-order chi connectivity index (χ0) is 27.1. The number of carbonyl (C=O) groups excluding carboxylic acids is 1. The number of hydrogen-bond acceptors (Lipinski definition) is 8. The van der Waals surface area contributed by atoms with E-state index in [1.54, 1.807) is 26.8 Å². The van der Waals surface area contributed by atoms with E-state index in [0.717, 1.165) is 10.5 Å². The average Bonchev–Trinajstić information content (AvgIpc) is 3.28. The molecule has 0 saturated carbocycles. The number of β-amino-alcohol motifs (C(OH)–C–C–N with tert-alkyl or cyclic N) is 1. The summed E-state index contributed by atoms with van der Waals surface area (Å²) in [6.07, 6.45) is 0. The lowest BCUT2D eigenvalue weighted by Gasteiger charge is -2.31.